The molecule has 1 atom stereocenters. The number of aryl methyl sites for hydroxylation is 1. The molecule has 0 saturated carbocycles. The number of ketones is 1. The molecule has 1 saturated heterocycles. The zero-order chi connectivity index (χ0) is 20.9. The lowest BCUT2D eigenvalue weighted by Crippen LogP contribution is -2.43. The van der Waals surface area contributed by atoms with Gasteiger partial charge in [-0.05, 0) is 42.7 Å². The lowest BCUT2D eigenvalue weighted by molar-refractivity contribution is 0.0852. The van der Waals surface area contributed by atoms with Crippen LogP contribution in [0.25, 0.3) is 0 Å². The molecule has 4 rings (SSSR count). The number of hydrogen-bond donors (Lipinski definition) is 1. The fourth-order valence-corrected chi connectivity index (χ4v) is 3.91. The summed E-state index contributed by atoms with van der Waals surface area (Å²) in [6.45, 7) is 2.03. The van der Waals surface area contributed by atoms with Crippen molar-refractivity contribution in [1.82, 2.24) is 15.1 Å². The Morgan fingerprint density at radius 2 is 1.80 bits per heavy atom. The summed E-state index contributed by atoms with van der Waals surface area (Å²) in [5.74, 6) is -0.393. The minimum Gasteiger partial charge on any atom is -0.372 e. The van der Waals surface area contributed by atoms with Crippen molar-refractivity contribution in [2.45, 2.75) is 25.3 Å². The van der Waals surface area contributed by atoms with E-state index in [1.54, 1.807) is 30.1 Å². The summed E-state index contributed by atoms with van der Waals surface area (Å²) in [6, 6.07) is 18.4. The van der Waals surface area contributed by atoms with Crippen LogP contribution in [0.5, 0.6) is 0 Å². The first-order chi connectivity index (χ1) is 14.6. The van der Waals surface area contributed by atoms with Gasteiger partial charge in [-0.25, -0.2) is 0 Å². The van der Waals surface area contributed by atoms with Crippen molar-refractivity contribution in [2.24, 2.45) is 7.05 Å². The van der Waals surface area contributed by atoms with Gasteiger partial charge < -0.3 is 10.2 Å². The maximum Gasteiger partial charge on any atom is 0.251 e. The number of carbonyl (C=O) groups is 2. The van der Waals surface area contributed by atoms with Gasteiger partial charge in [-0.15, -0.1) is 0 Å². The maximum atomic E-state index is 13.2. The number of aromatic nitrogens is 2. The van der Waals surface area contributed by atoms with E-state index in [0.717, 1.165) is 24.3 Å². The molecule has 0 aliphatic carbocycles. The second-order valence-corrected chi connectivity index (χ2v) is 7.66. The van der Waals surface area contributed by atoms with Crippen LogP contribution in [0.15, 0.2) is 66.9 Å². The van der Waals surface area contributed by atoms with Gasteiger partial charge in [0.25, 0.3) is 5.91 Å². The summed E-state index contributed by atoms with van der Waals surface area (Å²) in [6.07, 6.45) is 4.36. The molecule has 1 amide bonds. The Labute approximate surface area is 176 Å². The predicted octanol–water partition coefficient (Wildman–Crippen LogP) is 3.24. The molecule has 1 fully saturated rings. The second kappa shape index (κ2) is 8.95. The zero-order valence-electron chi connectivity index (χ0n) is 17.1. The van der Waals surface area contributed by atoms with E-state index in [4.69, 9.17) is 0 Å². The SMILES string of the molecule is Cn1nccc1C(=O)C(Cc1ccccc1)NC(=O)c1cccc(N2CCCC2)c1. The Balaban J connectivity index is 1.56. The molecule has 3 aromatic rings. The molecule has 1 N–H and O–H groups in total. The Bertz CT molecular complexity index is 1020. The summed E-state index contributed by atoms with van der Waals surface area (Å²) >= 11 is 0. The smallest absolute Gasteiger partial charge is 0.251 e. The normalized spacial score (nSPS) is 14.5. The van der Waals surface area contributed by atoms with Gasteiger partial charge in [0.15, 0.2) is 0 Å². The van der Waals surface area contributed by atoms with Crippen LogP contribution in [0.2, 0.25) is 0 Å². The van der Waals surface area contributed by atoms with E-state index in [-0.39, 0.29) is 11.7 Å². The standard InChI is InChI=1S/C24H26N4O2/c1-27-22(12-13-25-27)23(29)21(16-18-8-3-2-4-9-18)26-24(30)19-10-7-11-20(17-19)28-14-5-6-15-28/h2-4,7-13,17,21H,5-6,14-16H2,1H3,(H,26,30). The third kappa shape index (κ3) is 4.43. The van der Waals surface area contributed by atoms with Gasteiger partial charge in [0.1, 0.15) is 5.69 Å². The number of carbonyl (C=O) groups excluding carboxylic acids is 2. The number of hydrogen-bond acceptors (Lipinski definition) is 4. The van der Waals surface area contributed by atoms with Crippen molar-refractivity contribution in [3.63, 3.8) is 0 Å². The second-order valence-electron chi connectivity index (χ2n) is 7.66. The van der Waals surface area contributed by atoms with Crippen LogP contribution in [0.1, 0.15) is 39.3 Å². The van der Waals surface area contributed by atoms with E-state index in [9.17, 15) is 9.59 Å². The number of amides is 1. The highest BCUT2D eigenvalue weighted by atomic mass is 16.2. The quantitative estimate of drug-likeness (QED) is 0.616. The van der Waals surface area contributed by atoms with Crippen molar-refractivity contribution in [1.29, 1.82) is 0 Å². The Hall–Kier alpha value is -3.41. The minimum atomic E-state index is -0.675. The third-order valence-corrected chi connectivity index (χ3v) is 5.56. The third-order valence-electron chi connectivity index (χ3n) is 5.56. The molecule has 1 aliphatic heterocycles. The van der Waals surface area contributed by atoms with Gasteiger partial charge in [0.05, 0.1) is 6.04 Å². The van der Waals surface area contributed by atoms with Crippen LogP contribution in [0.4, 0.5) is 5.69 Å². The van der Waals surface area contributed by atoms with E-state index < -0.39 is 6.04 Å². The Morgan fingerprint density at radius 1 is 1.03 bits per heavy atom. The first-order valence-electron chi connectivity index (χ1n) is 10.3. The van der Waals surface area contributed by atoms with Crippen LogP contribution in [0.3, 0.4) is 0 Å². The topological polar surface area (TPSA) is 67.2 Å². The van der Waals surface area contributed by atoms with Crippen molar-refractivity contribution in [2.75, 3.05) is 18.0 Å². The molecule has 154 valence electrons. The van der Waals surface area contributed by atoms with E-state index in [0.29, 0.717) is 17.7 Å². The number of Topliss-reactive ketones (excluding diaryl/α,β-unsaturated/α-hetero) is 1. The molecule has 0 radical (unpaired) electrons. The van der Waals surface area contributed by atoms with Crippen LogP contribution in [-0.4, -0.2) is 40.6 Å². The molecule has 30 heavy (non-hydrogen) atoms. The van der Waals surface area contributed by atoms with Crippen molar-refractivity contribution in [3.05, 3.63) is 83.7 Å². The minimum absolute atomic E-state index is 0.150. The molecule has 0 spiro atoms. The fraction of sp³-hybridized carbons (Fsp3) is 0.292. The predicted molar refractivity (Wildman–Crippen MR) is 117 cm³/mol. The Morgan fingerprint density at radius 3 is 2.50 bits per heavy atom. The summed E-state index contributed by atoms with van der Waals surface area (Å²) in [5, 5.41) is 7.06. The molecule has 1 unspecified atom stereocenters. The molecule has 2 heterocycles. The molecule has 1 aromatic heterocycles. The average molecular weight is 402 g/mol. The van der Waals surface area contributed by atoms with E-state index >= 15 is 0 Å². The van der Waals surface area contributed by atoms with Crippen molar-refractivity contribution < 1.29 is 9.59 Å². The summed E-state index contributed by atoms with van der Waals surface area (Å²) in [4.78, 5) is 28.5. The highest BCUT2D eigenvalue weighted by Gasteiger charge is 2.25. The first-order valence-corrected chi connectivity index (χ1v) is 10.3. The van der Waals surface area contributed by atoms with Crippen LogP contribution >= 0.6 is 0 Å². The van der Waals surface area contributed by atoms with E-state index in [1.807, 2.05) is 48.5 Å². The number of nitrogens with zero attached hydrogens (tertiary/aromatic N) is 3. The summed E-state index contributed by atoms with van der Waals surface area (Å²) in [5.41, 5.74) is 3.08. The number of nitrogens with one attached hydrogen (secondary N) is 1. The molecule has 6 heteroatoms. The van der Waals surface area contributed by atoms with E-state index in [1.165, 1.54) is 12.8 Å². The molecular weight excluding hydrogens is 376 g/mol. The number of rotatable bonds is 7. The largest absolute Gasteiger partial charge is 0.372 e. The van der Waals surface area contributed by atoms with E-state index in [2.05, 4.69) is 15.3 Å². The Kier molecular flexibility index (Phi) is 5.93. The monoisotopic (exact) mass is 402 g/mol. The fourth-order valence-electron chi connectivity index (χ4n) is 3.91. The van der Waals surface area contributed by atoms with Gasteiger partial charge in [-0.3, -0.25) is 14.3 Å². The van der Waals surface area contributed by atoms with Gasteiger partial charge >= 0.3 is 0 Å². The van der Waals surface area contributed by atoms with Crippen LogP contribution in [-0.2, 0) is 13.5 Å². The van der Waals surface area contributed by atoms with Gasteiger partial charge in [0.2, 0.25) is 5.78 Å². The summed E-state index contributed by atoms with van der Waals surface area (Å²) in [7, 11) is 1.73. The average Bonchev–Trinajstić information content (AvgIpc) is 3.45. The molecule has 0 bridgehead atoms. The van der Waals surface area contributed by atoms with Gasteiger partial charge in [-0.2, -0.15) is 5.10 Å². The van der Waals surface area contributed by atoms with Crippen molar-refractivity contribution in [3.8, 4) is 0 Å². The highest BCUT2D eigenvalue weighted by molar-refractivity contribution is 6.03. The number of benzene rings is 2. The maximum absolute atomic E-state index is 13.2. The lowest BCUT2D eigenvalue weighted by Gasteiger charge is -2.20. The molecular formula is C24H26N4O2. The molecule has 2 aromatic carbocycles. The summed E-state index contributed by atoms with van der Waals surface area (Å²) < 4.78 is 1.54. The number of anilines is 1. The lowest BCUT2D eigenvalue weighted by atomic mass is 10.00. The highest BCUT2D eigenvalue weighted by Crippen LogP contribution is 2.21. The van der Waals surface area contributed by atoms with Gasteiger partial charge in [0, 0.05) is 44.0 Å². The molecule has 6 nitrogen and oxygen atoms in total. The van der Waals surface area contributed by atoms with Crippen LogP contribution in [0, 0.1) is 0 Å². The van der Waals surface area contributed by atoms with Crippen LogP contribution < -0.4 is 10.2 Å². The first kappa shape index (κ1) is 19.9. The van der Waals surface area contributed by atoms with Gasteiger partial charge in [-0.1, -0.05) is 36.4 Å². The molecule has 1 aliphatic rings. The van der Waals surface area contributed by atoms with Crippen molar-refractivity contribution >= 4 is 17.4 Å². The zero-order valence-corrected chi connectivity index (χ0v) is 17.1.